The molecule has 0 aliphatic rings. The first-order valence-electron chi connectivity index (χ1n) is 34.3. The minimum atomic E-state index is -0.840. The zero-order valence-electron chi connectivity index (χ0n) is 51.3. The molecule has 6 nitrogen and oxygen atoms in total. The van der Waals surface area contributed by atoms with E-state index >= 15 is 0 Å². The van der Waals surface area contributed by atoms with Crippen molar-refractivity contribution < 1.29 is 24.5 Å². The summed E-state index contributed by atoms with van der Waals surface area (Å²) >= 11 is 0. The summed E-state index contributed by atoms with van der Waals surface area (Å²) in [7, 11) is 0. The number of amides is 1. The second kappa shape index (κ2) is 65.6. The lowest BCUT2D eigenvalue weighted by Crippen LogP contribution is -2.45. The van der Waals surface area contributed by atoms with Gasteiger partial charge < -0.3 is 20.3 Å². The van der Waals surface area contributed by atoms with Crippen LogP contribution in [-0.2, 0) is 14.3 Å². The fraction of sp³-hybridized carbons (Fsp3) is 0.886. The summed E-state index contributed by atoms with van der Waals surface area (Å²) < 4.78 is 5.51. The number of aliphatic hydroxyl groups is 2. The van der Waals surface area contributed by atoms with Gasteiger partial charge in [0.25, 0.3) is 0 Å². The van der Waals surface area contributed by atoms with Crippen molar-refractivity contribution in [2.45, 2.75) is 386 Å². The van der Waals surface area contributed by atoms with Gasteiger partial charge in [-0.05, 0) is 64.2 Å². The summed E-state index contributed by atoms with van der Waals surface area (Å²) in [4.78, 5) is 24.5. The third kappa shape index (κ3) is 61.3. The highest BCUT2D eigenvalue weighted by Crippen LogP contribution is 2.18. The Kier molecular flexibility index (Phi) is 63.9. The van der Waals surface area contributed by atoms with Crippen molar-refractivity contribution >= 4 is 11.9 Å². The van der Waals surface area contributed by atoms with E-state index in [2.05, 4.69) is 43.5 Å². The summed E-state index contributed by atoms with van der Waals surface area (Å²) in [6.07, 6.45) is 83.7. The molecule has 448 valence electrons. The number of unbranched alkanes of at least 4 members (excludes halogenated alkanes) is 49. The lowest BCUT2D eigenvalue weighted by Gasteiger charge is -2.20. The van der Waals surface area contributed by atoms with E-state index in [0.717, 1.165) is 51.4 Å². The van der Waals surface area contributed by atoms with Crippen molar-refractivity contribution in [3.63, 3.8) is 0 Å². The molecule has 0 aromatic heterocycles. The van der Waals surface area contributed by atoms with Crippen LogP contribution in [0.3, 0.4) is 0 Å². The molecule has 76 heavy (non-hydrogen) atoms. The lowest BCUT2D eigenvalue weighted by molar-refractivity contribution is -0.143. The van der Waals surface area contributed by atoms with E-state index in [4.69, 9.17) is 4.74 Å². The van der Waals surface area contributed by atoms with Crippen LogP contribution in [0.1, 0.15) is 373 Å². The number of rotatable bonds is 64. The van der Waals surface area contributed by atoms with Crippen LogP contribution >= 0.6 is 0 Å². The molecule has 0 aromatic rings. The molecule has 0 fully saturated rings. The predicted octanol–water partition coefficient (Wildman–Crippen LogP) is 21.9. The maximum Gasteiger partial charge on any atom is 0.305 e. The van der Waals surface area contributed by atoms with Gasteiger partial charge in [0.05, 0.1) is 25.4 Å². The van der Waals surface area contributed by atoms with Gasteiger partial charge in [0.15, 0.2) is 0 Å². The molecule has 0 aliphatic carbocycles. The largest absolute Gasteiger partial charge is 0.466 e. The molecular weight excluding hydrogens is 935 g/mol. The van der Waals surface area contributed by atoms with E-state index in [1.54, 1.807) is 6.08 Å². The van der Waals surface area contributed by atoms with Crippen LogP contribution in [0.25, 0.3) is 0 Å². The van der Waals surface area contributed by atoms with Crippen molar-refractivity contribution in [3.8, 4) is 0 Å². The van der Waals surface area contributed by atoms with E-state index in [0.29, 0.717) is 19.4 Å². The number of esters is 1. The molecule has 2 unspecified atom stereocenters. The standard InChI is InChI=1S/C70H133NO5/c1-3-5-7-9-11-13-15-16-17-18-31-35-38-41-44-48-52-56-60-64-70(75)76-65-61-57-53-49-45-42-39-36-33-30-28-26-24-22-20-19-21-23-25-27-29-32-34-37-40-43-47-51-55-59-63-69(74)71-67(66-72)68(73)62-58-54-50-46-14-12-10-8-6-4-2/h11,13,16-17,58,62,67-68,72-73H,3-10,12,14-15,18-57,59-61,63-66H2,1-2H3,(H,71,74)/b13-11-,17-16-,62-58+. The van der Waals surface area contributed by atoms with Crippen molar-refractivity contribution in [2.24, 2.45) is 0 Å². The number of aliphatic hydroxyl groups excluding tert-OH is 2. The average Bonchev–Trinajstić information content (AvgIpc) is 3.42. The number of ether oxygens (including phenoxy) is 1. The molecule has 0 bridgehead atoms. The zero-order chi connectivity index (χ0) is 55.0. The smallest absolute Gasteiger partial charge is 0.305 e. The zero-order valence-corrected chi connectivity index (χ0v) is 51.3. The topological polar surface area (TPSA) is 95.9 Å². The SMILES string of the molecule is CCCCC/C=C\C/C=C\CCCCCCCCCCCC(=O)OCCCCCCCCCCCCCCCCCCCCCCCCCCCCCCCCC(=O)NC(CO)C(O)/C=C/CCCCCCCCCC. The Labute approximate surface area is 474 Å². The highest BCUT2D eigenvalue weighted by Gasteiger charge is 2.18. The third-order valence-corrected chi connectivity index (χ3v) is 15.9. The van der Waals surface area contributed by atoms with Crippen molar-refractivity contribution in [2.75, 3.05) is 13.2 Å². The molecule has 0 spiro atoms. The fourth-order valence-corrected chi connectivity index (χ4v) is 10.7. The van der Waals surface area contributed by atoms with Crippen molar-refractivity contribution in [1.82, 2.24) is 5.32 Å². The van der Waals surface area contributed by atoms with Gasteiger partial charge in [-0.2, -0.15) is 0 Å². The van der Waals surface area contributed by atoms with E-state index in [1.165, 1.54) is 295 Å². The highest BCUT2D eigenvalue weighted by atomic mass is 16.5. The maximum atomic E-state index is 12.4. The number of hydrogen-bond acceptors (Lipinski definition) is 5. The Balaban J connectivity index is 3.31. The lowest BCUT2D eigenvalue weighted by atomic mass is 10.0. The van der Waals surface area contributed by atoms with Crippen LogP contribution in [0.15, 0.2) is 36.5 Å². The van der Waals surface area contributed by atoms with Gasteiger partial charge in [0.1, 0.15) is 0 Å². The third-order valence-electron chi connectivity index (χ3n) is 15.9. The van der Waals surface area contributed by atoms with E-state index in [1.807, 2.05) is 6.08 Å². The van der Waals surface area contributed by atoms with Gasteiger partial charge in [-0.3, -0.25) is 9.59 Å². The minimum absolute atomic E-state index is 0.0162. The van der Waals surface area contributed by atoms with E-state index in [-0.39, 0.29) is 18.5 Å². The first kappa shape index (κ1) is 74.1. The van der Waals surface area contributed by atoms with Gasteiger partial charge in [-0.25, -0.2) is 0 Å². The summed E-state index contributed by atoms with van der Waals surface area (Å²) in [5.74, 6) is -0.0487. The minimum Gasteiger partial charge on any atom is -0.466 e. The molecule has 0 aromatic carbocycles. The Bertz CT molecular complexity index is 1230. The van der Waals surface area contributed by atoms with Crippen LogP contribution in [0.4, 0.5) is 0 Å². The van der Waals surface area contributed by atoms with Crippen LogP contribution in [0, 0.1) is 0 Å². The average molecular weight is 1070 g/mol. The molecule has 6 heteroatoms. The van der Waals surface area contributed by atoms with Gasteiger partial charge in [-0.1, -0.05) is 333 Å². The van der Waals surface area contributed by atoms with Crippen LogP contribution in [0.2, 0.25) is 0 Å². The van der Waals surface area contributed by atoms with Gasteiger partial charge in [0, 0.05) is 12.8 Å². The number of carbonyl (C=O) groups excluding carboxylic acids is 2. The predicted molar refractivity (Wildman–Crippen MR) is 333 cm³/mol. The Morgan fingerprint density at radius 1 is 0.368 bits per heavy atom. The normalized spacial score (nSPS) is 12.7. The number of hydrogen-bond donors (Lipinski definition) is 3. The first-order chi connectivity index (χ1) is 37.5. The monoisotopic (exact) mass is 1070 g/mol. The summed E-state index contributed by atoms with van der Waals surface area (Å²) in [6, 6.07) is -0.623. The number of carbonyl (C=O) groups is 2. The van der Waals surface area contributed by atoms with Crippen LogP contribution < -0.4 is 5.32 Å². The Morgan fingerprint density at radius 3 is 1.03 bits per heavy atom. The Hall–Kier alpha value is -1.92. The van der Waals surface area contributed by atoms with Gasteiger partial charge in [-0.15, -0.1) is 0 Å². The Morgan fingerprint density at radius 2 is 0.658 bits per heavy atom. The van der Waals surface area contributed by atoms with Crippen molar-refractivity contribution in [1.29, 1.82) is 0 Å². The van der Waals surface area contributed by atoms with Gasteiger partial charge in [0.2, 0.25) is 5.91 Å². The molecule has 0 rings (SSSR count). The number of allylic oxidation sites excluding steroid dienone is 5. The fourth-order valence-electron chi connectivity index (χ4n) is 10.7. The van der Waals surface area contributed by atoms with Crippen LogP contribution in [-0.4, -0.2) is 47.4 Å². The maximum absolute atomic E-state index is 12.4. The summed E-state index contributed by atoms with van der Waals surface area (Å²) in [5, 5.41) is 23.0. The molecule has 0 aliphatic heterocycles. The molecule has 1 amide bonds. The molecule has 0 heterocycles. The van der Waals surface area contributed by atoms with Crippen LogP contribution in [0.5, 0.6) is 0 Å². The molecule has 2 atom stereocenters. The second-order valence-corrected chi connectivity index (χ2v) is 23.5. The molecule has 0 saturated carbocycles. The molecule has 3 N–H and O–H groups in total. The molecule has 0 radical (unpaired) electrons. The quantitative estimate of drug-likeness (QED) is 0.0320. The number of nitrogens with one attached hydrogen (secondary N) is 1. The van der Waals surface area contributed by atoms with E-state index < -0.39 is 12.1 Å². The van der Waals surface area contributed by atoms with Crippen molar-refractivity contribution in [3.05, 3.63) is 36.5 Å². The molecule has 0 saturated heterocycles. The first-order valence-corrected chi connectivity index (χ1v) is 34.3. The van der Waals surface area contributed by atoms with Gasteiger partial charge >= 0.3 is 5.97 Å². The van der Waals surface area contributed by atoms with E-state index in [9.17, 15) is 19.8 Å². The summed E-state index contributed by atoms with van der Waals surface area (Å²) in [5.41, 5.74) is 0. The molecular formula is C70H133NO5. The second-order valence-electron chi connectivity index (χ2n) is 23.5. The summed E-state index contributed by atoms with van der Waals surface area (Å²) in [6.45, 7) is 4.88. The highest BCUT2D eigenvalue weighted by molar-refractivity contribution is 5.76.